The Morgan fingerprint density at radius 2 is 2.07 bits per heavy atom. The van der Waals surface area contributed by atoms with Crippen molar-refractivity contribution in [2.24, 2.45) is 0 Å². The molecule has 0 saturated heterocycles. The predicted molar refractivity (Wildman–Crippen MR) is 55.0 cm³/mol. The van der Waals surface area contributed by atoms with E-state index in [1.807, 2.05) is 18.7 Å². The normalized spacial score (nSPS) is 11.0. The van der Waals surface area contributed by atoms with Gasteiger partial charge in [0.05, 0.1) is 13.7 Å². The summed E-state index contributed by atoms with van der Waals surface area (Å²) >= 11 is 0. The summed E-state index contributed by atoms with van der Waals surface area (Å²) in [6.45, 7) is 5.46. The number of rotatable bonds is 7. The van der Waals surface area contributed by atoms with Crippen molar-refractivity contribution in [1.29, 1.82) is 0 Å². The van der Waals surface area contributed by atoms with Crippen molar-refractivity contribution in [3.8, 4) is 0 Å². The molecule has 14 heavy (non-hydrogen) atoms. The van der Waals surface area contributed by atoms with Crippen molar-refractivity contribution in [1.82, 2.24) is 4.90 Å². The molecule has 0 aliphatic heterocycles. The summed E-state index contributed by atoms with van der Waals surface area (Å²) in [5.41, 5.74) is 0. The first-order valence-electron chi connectivity index (χ1n) is 5.03. The van der Waals surface area contributed by atoms with Crippen molar-refractivity contribution in [2.75, 3.05) is 26.8 Å². The molecule has 0 bridgehead atoms. The highest BCUT2D eigenvalue weighted by atomic mass is 16.5. The van der Waals surface area contributed by atoms with Gasteiger partial charge in [-0.15, -0.1) is 0 Å². The molecule has 4 nitrogen and oxygen atoms in total. The Kier molecular flexibility index (Phi) is 7.42. The number of hydrogen-bond donors (Lipinski definition) is 1. The number of carbonyl (C=O) groups is 1. The maximum absolute atomic E-state index is 11.0. The first kappa shape index (κ1) is 13.4. The molecule has 0 aliphatic carbocycles. The van der Waals surface area contributed by atoms with Gasteiger partial charge in [0, 0.05) is 12.6 Å². The van der Waals surface area contributed by atoms with Gasteiger partial charge in [0.25, 0.3) is 0 Å². The lowest BCUT2D eigenvalue weighted by molar-refractivity contribution is -0.142. The molecule has 84 valence electrons. The fraction of sp³-hybridized carbons (Fsp3) is 0.900. The molecule has 0 radical (unpaired) electrons. The molecule has 0 atom stereocenters. The molecule has 0 saturated carbocycles. The second-order valence-corrected chi connectivity index (χ2v) is 3.57. The number of esters is 1. The number of ether oxygens (including phenoxy) is 1. The number of unbranched alkanes of at least 4 members (excludes halogenated alkanes) is 1. The number of aliphatic hydroxyl groups is 1. The van der Waals surface area contributed by atoms with Gasteiger partial charge >= 0.3 is 5.97 Å². The zero-order valence-corrected chi connectivity index (χ0v) is 9.32. The Morgan fingerprint density at radius 1 is 1.43 bits per heavy atom. The van der Waals surface area contributed by atoms with Crippen LogP contribution in [0.1, 0.15) is 26.7 Å². The number of methoxy groups -OCH3 is 1. The summed E-state index contributed by atoms with van der Waals surface area (Å²) in [6, 6.07) is 0.327. The SMILES string of the molecule is COC(=O)CN(CCCCO)C(C)C. The lowest BCUT2D eigenvalue weighted by Crippen LogP contribution is -2.37. The lowest BCUT2D eigenvalue weighted by atomic mass is 10.2. The molecular formula is C10H21NO3. The third-order valence-electron chi connectivity index (χ3n) is 2.14. The van der Waals surface area contributed by atoms with Crippen molar-refractivity contribution in [3.05, 3.63) is 0 Å². The molecule has 0 fully saturated rings. The average Bonchev–Trinajstić information content (AvgIpc) is 2.16. The van der Waals surface area contributed by atoms with Gasteiger partial charge in [0.2, 0.25) is 0 Å². The van der Waals surface area contributed by atoms with Gasteiger partial charge in [0.15, 0.2) is 0 Å². The average molecular weight is 203 g/mol. The molecule has 0 aromatic carbocycles. The van der Waals surface area contributed by atoms with Crippen molar-refractivity contribution in [3.63, 3.8) is 0 Å². The van der Waals surface area contributed by atoms with E-state index in [0.717, 1.165) is 19.4 Å². The second kappa shape index (κ2) is 7.76. The molecule has 0 amide bonds. The monoisotopic (exact) mass is 203 g/mol. The fourth-order valence-corrected chi connectivity index (χ4v) is 1.18. The zero-order chi connectivity index (χ0) is 11.0. The van der Waals surface area contributed by atoms with Gasteiger partial charge in [0.1, 0.15) is 0 Å². The summed E-state index contributed by atoms with van der Waals surface area (Å²) in [5.74, 6) is -0.206. The molecule has 0 heterocycles. The van der Waals surface area contributed by atoms with Crippen LogP contribution in [0.15, 0.2) is 0 Å². The number of hydrogen-bond acceptors (Lipinski definition) is 4. The van der Waals surface area contributed by atoms with Crippen LogP contribution in [0, 0.1) is 0 Å². The summed E-state index contributed by atoms with van der Waals surface area (Å²) in [4.78, 5) is 13.1. The van der Waals surface area contributed by atoms with Gasteiger partial charge in [-0.3, -0.25) is 9.69 Å². The number of carbonyl (C=O) groups excluding carboxylic acids is 1. The van der Waals surface area contributed by atoms with Crippen LogP contribution in [-0.2, 0) is 9.53 Å². The third-order valence-corrected chi connectivity index (χ3v) is 2.14. The van der Waals surface area contributed by atoms with Gasteiger partial charge in [-0.2, -0.15) is 0 Å². The first-order chi connectivity index (χ1) is 6.61. The molecular weight excluding hydrogens is 182 g/mol. The summed E-state index contributed by atoms with van der Waals surface area (Å²) in [6.07, 6.45) is 1.69. The van der Waals surface area contributed by atoms with Crippen LogP contribution in [-0.4, -0.2) is 48.8 Å². The summed E-state index contributed by atoms with van der Waals surface area (Å²) in [7, 11) is 1.40. The molecule has 4 heteroatoms. The maximum atomic E-state index is 11.0. The Bertz CT molecular complexity index is 159. The minimum Gasteiger partial charge on any atom is -0.468 e. The minimum atomic E-state index is -0.206. The first-order valence-corrected chi connectivity index (χ1v) is 5.03. The topological polar surface area (TPSA) is 49.8 Å². The van der Waals surface area contributed by atoms with Crippen LogP contribution in [0.2, 0.25) is 0 Å². The quantitative estimate of drug-likeness (QED) is 0.487. The van der Waals surface area contributed by atoms with Crippen molar-refractivity contribution >= 4 is 5.97 Å². The van der Waals surface area contributed by atoms with Crippen LogP contribution in [0.4, 0.5) is 0 Å². The van der Waals surface area contributed by atoms with E-state index in [1.54, 1.807) is 0 Å². The van der Waals surface area contributed by atoms with Crippen LogP contribution >= 0.6 is 0 Å². The minimum absolute atomic E-state index is 0.206. The van der Waals surface area contributed by atoms with E-state index < -0.39 is 0 Å². The summed E-state index contributed by atoms with van der Waals surface area (Å²) in [5, 5.41) is 8.64. The van der Waals surface area contributed by atoms with Crippen LogP contribution in [0.5, 0.6) is 0 Å². The van der Waals surface area contributed by atoms with Crippen molar-refractivity contribution in [2.45, 2.75) is 32.7 Å². The molecule has 0 rings (SSSR count). The molecule has 0 unspecified atom stereocenters. The highest BCUT2D eigenvalue weighted by molar-refractivity contribution is 5.71. The zero-order valence-electron chi connectivity index (χ0n) is 9.32. The third kappa shape index (κ3) is 5.94. The molecule has 0 aliphatic rings. The van der Waals surface area contributed by atoms with E-state index in [4.69, 9.17) is 5.11 Å². The fourth-order valence-electron chi connectivity index (χ4n) is 1.18. The molecule has 0 aromatic rings. The summed E-state index contributed by atoms with van der Waals surface area (Å²) < 4.78 is 4.61. The van der Waals surface area contributed by atoms with Crippen molar-refractivity contribution < 1.29 is 14.6 Å². The van der Waals surface area contributed by atoms with Crippen LogP contribution < -0.4 is 0 Å². The number of nitrogens with zero attached hydrogens (tertiary/aromatic N) is 1. The molecule has 1 N–H and O–H groups in total. The lowest BCUT2D eigenvalue weighted by Gasteiger charge is -2.24. The van der Waals surface area contributed by atoms with Crippen LogP contribution in [0.3, 0.4) is 0 Å². The van der Waals surface area contributed by atoms with E-state index >= 15 is 0 Å². The van der Waals surface area contributed by atoms with Gasteiger partial charge in [-0.05, 0) is 33.2 Å². The van der Waals surface area contributed by atoms with E-state index in [9.17, 15) is 4.79 Å². The highest BCUT2D eigenvalue weighted by Crippen LogP contribution is 2.01. The van der Waals surface area contributed by atoms with Gasteiger partial charge in [-0.25, -0.2) is 0 Å². The smallest absolute Gasteiger partial charge is 0.319 e. The van der Waals surface area contributed by atoms with Crippen LogP contribution in [0.25, 0.3) is 0 Å². The molecule has 0 aromatic heterocycles. The Balaban J connectivity index is 3.83. The van der Waals surface area contributed by atoms with E-state index in [0.29, 0.717) is 12.6 Å². The maximum Gasteiger partial charge on any atom is 0.319 e. The number of aliphatic hydroxyl groups excluding tert-OH is 1. The van der Waals surface area contributed by atoms with E-state index in [2.05, 4.69) is 4.74 Å². The Morgan fingerprint density at radius 3 is 2.50 bits per heavy atom. The second-order valence-electron chi connectivity index (χ2n) is 3.57. The molecule has 0 spiro atoms. The van der Waals surface area contributed by atoms with E-state index in [-0.39, 0.29) is 12.6 Å². The van der Waals surface area contributed by atoms with Gasteiger partial charge < -0.3 is 9.84 Å². The Hall–Kier alpha value is -0.610. The Labute approximate surface area is 85.9 Å². The predicted octanol–water partition coefficient (Wildman–Crippen LogP) is 0.642. The standard InChI is InChI=1S/C10H21NO3/c1-9(2)11(6-4-5-7-12)8-10(13)14-3/h9,12H,4-8H2,1-3H3. The largest absolute Gasteiger partial charge is 0.468 e. The van der Waals surface area contributed by atoms with Gasteiger partial charge in [-0.1, -0.05) is 0 Å². The highest BCUT2D eigenvalue weighted by Gasteiger charge is 2.13. The van der Waals surface area contributed by atoms with E-state index in [1.165, 1.54) is 7.11 Å².